The van der Waals surface area contributed by atoms with Gasteiger partial charge in [0.25, 0.3) is 5.69 Å². The Kier molecular flexibility index (Phi) is 7.57. The molecule has 0 aliphatic carbocycles. The number of nitro groups is 1. The van der Waals surface area contributed by atoms with E-state index in [1.54, 1.807) is 12.1 Å². The van der Waals surface area contributed by atoms with E-state index in [1.807, 2.05) is 4.90 Å². The molecule has 3 rings (SSSR count). The van der Waals surface area contributed by atoms with Gasteiger partial charge in [0.15, 0.2) is 9.84 Å². The van der Waals surface area contributed by atoms with Gasteiger partial charge in [-0.1, -0.05) is 18.2 Å². The first-order chi connectivity index (χ1) is 15.3. The zero-order valence-electron chi connectivity index (χ0n) is 17.2. The summed E-state index contributed by atoms with van der Waals surface area (Å²) in [6.07, 6.45) is 0.680. The summed E-state index contributed by atoms with van der Waals surface area (Å²) in [6.45, 7) is 5.76. The highest BCUT2D eigenvalue weighted by molar-refractivity contribution is 7.92. The Labute approximate surface area is 185 Å². The highest BCUT2D eigenvalue weighted by atomic mass is 32.2. The van der Waals surface area contributed by atoms with E-state index in [1.165, 1.54) is 42.5 Å². The average Bonchev–Trinajstić information content (AvgIpc) is 2.79. The molecule has 0 bridgehead atoms. The number of ether oxygens (including phenoxy) is 2. The first kappa shape index (κ1) is 23.4. The van der Waals surface area contributed by atoms with Crippen molar-refractivity contribution in [3.05, 3.63) is 76.9 Å². The van der Waals surface area contributed by atoms with E-state index in [4.69, 9.17) is 9.47 Å². The Hall–Kier alpha value is -3.28. The summed E-state index contributed by atoms with van der Waals surface area (Å²) in [5, 5.41) is 12.4. The zero-order chi connectivity index (χ0) is 23.1. The number of nitrogens with one attached hydrogen (secondary N) is 1. The summed E-state index contributed by atoms with van der Waals surface area (Å²) in [7, 11) is -3.66. The number of morpholine rings is 1. The lowest BCUT2D eigenvalue weighted by atomic mass is 10.2. The van der Waals surface area contributed by atoms with Gasteiger partial charge in [0, 0.05) is 31.8 Å². The molecule has 1 saturated heterocycles. The number of sulfone groups is 1. The molecule has 0 spiro atoms. The highest BCUT2D eigenvalue weighted by Crippen LogP contribution is 2.22. The molecule has 0 saturated carbocycles. The van der Waals surface area contributed by atoms with Crippen molar-refractivity contribution in [1.82, 2.24) is 10.2 Å². The third-order valence-corrected chi connectivity index (χ3v) is 6.93. The molecule has 1 aliphatic rings. The van der Waals surface area contributed by atoms with Gasteiger partial charge in [0.2, 0.25) is 0 Å². The van der Waals surface area contributed by atoms with Crippen LogP contribution in [0.3, 0.4) is 0 Å². The summed E-state index contributed by atoms with van der Waals surface area (Å²) in [6, 6.07) is 11.3. The Morgan fingerprint density at radius 1 is 1.19 bits per heavy atom. The number of carbonyl (C=O) groups excluding carboxylic acids is 1. The fraction of sp³-hybridized carbons (Fsp3) is 0.286. The molecule has 1 unspecified atom stereocenters. The quantitative estimate of drug-likeness (QED) is 0.361. The summed E-state index contributed by atoms with van der Waals surface area (Å²) >= 11 is 0. The summed E-state index contributed by atoms with van der Waals surface area (Å²) in [5.74, 6) is 0.160. The van der Waals surface area contributed by atoms with Crippen molar-refractivity contribution >= 4 is 21.6 Å². The number of carbonyl (C=O) groups is 1. The zero-order valence-corrected chi connectivity index (χ0v) is 18.0. The maximum Gasteiger partial charge on any atom is 0.412 e. The van der Waals surface area contributed by atoms with Crippen LogP contribution in [0.1, 0.15) is 5.56 Å². The predicted octanol–water partition coefficient (Wildman–Crippen LogP) is 2.50. The van der Waals surface area contributed by atoms with Gasteiger partial charge in [-0.05, 0) is 29.8 Å². The number of rotatable bonds is 8. The van der Waals surface area contributed by atoms with Crippen molar-refractivity contribution in [2.24, 2.45) is 0 Å². The van der Waals surface area contributed by atoms with Crippen molar-refractivity contribution in [1.29, 1.82) is 0 Å². The first-order valence-electron chi connectivity index (χ1n) is 9.78. The largest absolute Gasteiger partial charge is 0.412 e. The number of nitrogens with zero attached hydrogens (tertiary/aromatic N) is 2. The number of benzene rings is 2. The number of amides is 1. The van der Waals surface area contributed by atoms with Crippen molar-refractivity contribution in [3.63, 3.8) is 0 Å². The Morgan fingerprint density at radius 3 is 2.38 bits per heavy atom. The Bertz CT molecular complexity index is 1060. The van der Waals surface area contributed by atoms with Crippen LogP contribution < -0.4 is 10.1 Å². The van der Waals surface area contributed by atoms with Crippen molar-refractivity contribution in [2.45, 2.75) is 16.8 Å². The molecule has 1 heterocycles. The van der Waals surface area contributed by atoms with Gasteiger partial charge >= 0.3 is 6.09 Å². The van der Waals surface area contributed by atoms with Crippen molar-refractivity contribution in [3.8, 4) is 5.75 Å². The minimum atomic E-state index is -3.66. The molecular weight excluding hydrogens is 438 g/mol. The first-order valence-corrected chi connectivity index (χ1v) is 11.3. The fourth-order valence-electron chi connectivity index (χ4n) is 3.19. The third-order valence-electron chi connectivity index (χ3n) is 4.87. The number of non-ortho nitro benzene ring substituents is 1. The summed E-state index contributed by atoms with van der Waals surface area (Å²) < 4.78 is 36.4. The normalized spacial score (nSPS) is 15.5. The fourth-order valence-corrected chi connectivity index (χ4v) is 4.84. The van der Waals surface area contributed by atoms with Crippen LogP contribution in [0.5, 0.6) is 5.75 Å². The minimum absolute atomic E-state index is 0.111. The lowest BCUT2D eigenvalue weighted by Crippen LogP contribution is -2.46. The van der Waals surface area contributed by atoms with E-state index in [-0.39, 0.29) is 22.9 Å². The lowest BCUT2D eigenvalue weighted by Gasteiger charge is -2.32. The lowest BCUT2D eigenvalue weighted by molar-refractivity contribution is -0.384. The maximum atomic E-state index is 13.0. The highest BCUT2D eigenvalue weighted by Gasteiger charge is 2.31. The Morgan fingerprint density at radius 2 is 1.81 bits per heavy atom. The molecule has 1 amide bonds. The monoisotopic (exact) mass is 461 g/mol. The molecule has 0 aromatic heterocycles. The molecule has 2 aromatic carbocycles. The van der Waals surface area contributed by atoms with Crippen LogP contribution in [0.25, 0.3) is 0 Å². The van der Waals surface area contributed by atoms with E-state index >= 15 is 0 Å². The molecule has 32 heavy (non-hydrogen) atoms. The minimum Gasteiger partial charge on any atom is -0.410 e. The van der Waals surface area contributed by atoms with E-state index in [2.05, 4.69) is 11.9 Å². The van der Waals surface area contributed by atoms with Gasteiger partial charge in [-0.15, -0.1) is 6.58 Å². The second kappa shape index (κ2) is 10.4. The molecule has 0 radical (unpaired) electrons. The van der Waals surface area contributed by atoms with E-state index in [0.29, 0.717) is 31.9 Å². The Balaban J connectivity index is 1.58. The number of nitro benzene ring substituents is 1. The second-order valence-corrected chi connectivity index (χ2v) is 9.00. The van der Waals surface area contributed by atoms with E-state index < -0.39 is 26.2 Å². The average molecular weight is 461 g/mol. The van der Waals surface area contributed by atoms with Gasteiger partial charge in [0.05, 0.1) is 23.0 Å². The van der Waals surface area contributed by atoms with Crippen LogP contribution in [0.2, 0.25) is 0 Å². The van der Waals surface area contributed by atoms with E-state index in [9.17, 15) is 23.3 Å². The molecule has 1 fully saturated rings. The van der Waals surface area contributed by atoms with Crippen LogP contribution in [0.15, 0.2) is 66.1 Å². The molecule has 170 valence electrons. The molecule has 10 nitrogen and oxygen atoms in total. The predicted molar refractivity (Wildman–Crippen MR) is 116 cm³/mol. The SMILES string of the molecule is C=CC(N1CCOCC1)S(=O)(=O)c1ccc(CNC(=O)Oc2ccc([N+](=O)[O-])cc2)cc1. The number of hydrogen-bond donors (Lipinski definition) is 1. The summed E-state index contributed by atoms with van der Waals surface area (Å²) in [4.78, 5) is 24.0. The van der Waals surface area contributed by atoms with Crippen molar-refractivity contribution < 1.29 is 27.6 Å². The third kappa shape index (κ3) is 5.69. The van der Waals surface area contributed by atoms with Gasteiger partial charge in [0.1, 0.15) is 11.1 Å². The van der Waals surface area contributed by atoms with Crippen LogP contribution in [-0.4, -0.2) is 56.0 Å². The second-order valence-electron chi connectivity index (χ2n) is 6.96. The van der Waals surface area contributed by atoms with Crippen LogP contribution in [0, 0.1) is 10.1 Å². The van der Waals surface area contributed by atoms with Gasteiger partial charge in [-0.3, -0.25) is 15.0 Å². The van der Waals surface area contributed by atoms with Crippen molar-refractivity contribution in [2.75, 3.05) is 26.3 Å². The van der Waals surface area contributed by atoms with Gasteiger partial charge in [-0.25, -0.2) is 13.2 Å². The van der Waals surface area contributed by atoms with Crippen LogP contribution >= 0.6 is 0 Å². The molecule has 2 aromatic rings. The topological polar surface area (TPSA) is 128 Å². The molecular formula is C21H23N3O7S. The van der Waals surface area contributed by atoms with Gasteiger partial charge < -0.3 is 14.8 Å². The van der Waals surface area contributed by atoms with Crippen LogP contribution in [0.4, 0.5) is 10.5 Å². The summed E-state index contributed by atoms with van der Waals surface area (Å²) in [5.41, 5.74) is 0.561. The molecule has 1 atom stereocenters. The molecule has 1 aliphatic heterocycles. The smallest absolute Gasteiger partial charge is 0.410 e. The molecule has 1 N–H and O–H groups in total. The van der Waals surface area contributed by atoms with Crippen LogP contribution in [-0.2, 0) is 21.1 Å². The van der Waals surface area contributed by atoms with Gasteiger partial charge in [-0.2, -0.15) is 0 Å². The van der Waals surface area contributed by atoms with E-state index in [0.717, 1.165) is 0 Å². The maximum absolute atomic E-state index is 13.0. The molecule has 11 heteroatoms. The number of hydrogen-bond acceptors (Lipinski definition) is 8. The standard InChI is InChI=1S/C21H23N3O7S/c1-2-20(23-11-13-30-14-12-23)32(28,29)19-9-3-16(4-10-19)15-22-21(25)31-18-7-5-17(6-8-18)24(26)27/h2-10,20H,1,11-15H2,(H,22,25).